The van der Waals surface area contributed by atoms with Crippen LogP contribution < -0.4 is 5.32 Å². The number of benzene rings is 2. The minimum atomic E-state index is 0.0387. The number of anilines is 1. The highest BCUT2D eigenvalue weighted by Crippen LogP contribution is 2.38. The first kappa shape index (κ1) is 21.6. The number of carbonyl (C=O) groups is 2. The summed E-state index contributed by atoms with van der Waals surface area (Å²) in [5, 5.41) is 2.96. The van der Waals surface area contributed by atoms with Gasteiger partial charge in [-0.2, -0.15) is 0 Å². The lowest BCUT2D eigenvalue weighted by Gasteiger charge is -2.35. The number of amides is 2. The van der Waals surface area contributed by atoms with E-state index in [1.165, 1.54) is 11.1 Å². The maximum atomic E-state index is 13.0. The van der Waals surface area contributed by atoms with Crippen LogP contribution in [0.4, 0.5) is 5.69 Å². The molecule has 1 saturated heterocycles. The molecule has 1 aliphatic carbocycles. The van der Waals surface area contributed by atoms with Gasteiger partial charge in [-0.05, 0) is 47.6 Å². The lowest BCUT2D eigenvalue weighted by atomic mass is 10.0. The number of nitrogens with one attached hydrogen (secondary N) is 1. The van der Waals surface area contributed by atoms with Crippen molar-refractivity contribution in [3.63, 3.8) is 0 Å². The van der Waals surface area contributed by atoms with Gasteiger partial charge in [-0.1, -0.05) is 51.1 Å². The maximum absolute atomic E-state index is 13.0. The Bertz CT molecular complexity index is 930. The predicted molar refractivity (Wildman–Crippen MR) is 124 cm³/mol. The molecule has 2 atom stereocenters. The normalized spacial score (nSPS) is 21.2. The summed E-state index contributed by atoms with van der Waals surface area (Å²) in [5.41, 5.74) is 4.03. The first-order valence-corrected chi connectivity index (χ1v) is 11.4. The molecule has 31 heavy (non-hydrogen) atoms. The number of hydrogen-bond acceptors (Lipinski definition) is 3. The lowest BCUT2D eigenvalue weighted by Crippen LogP contribution is -2.48. The highest BCUT2D eigenvalue weighted by molar-refractivity contribution is 5.98. The summed E-state index contributed by atoms with van der Waals surface area (Å²) >= 11 is 0. The number of rotatable bonds is 6. The van der Waals surface area contributed by atoms with E-state index in [2.05, 4.69) is 55.3 Å². The van der Waals surface area contributed by atoms with Crippen molar-refractivity contribution in [3.05, 3.63) is 65.2 Å². The zero-order valence-corrected chi connectivity index (χ0v) is 18.8. The summed E-state index contributed by atoms with van der Waals surface area (Å²) < 4.78 is 0. The molecule has 0 bridgehead atoms. The molecule has 1 heterocycles. The van der Waals surface area contributed by atoms with Gasteiger partial charge >= 0.3 is 0 Å². The largest absolute Gasteiger partial charge is 0.336 e. The fraction of sp³-hybridized carbons (Fsp3) is 0.462. The fourth-order valence-electron chi connectivity index (χ4n) is 4.21. The Balaban J connectivity index is 1.30. The second-order valence-electron chi connectivity index (χ2n) is 9.35. The minimum absolute atomic E-state index is 0.0387. The van der Waals surface area contributed by atoms with Crippen LogP contribution in [0.5, 0.6) is 0 Å². The minimum Gasteiger partial charge on any atom is -0.336 e. The molecule has 0 aromatic heterocycles. The zero-order chi connectivity index (χ0) is 22.0. The summed E-state index contributed by atoms with van der Waals surface area (Å²) in [6.07, 6.45) is 0.955. The van der Waals surface area contributed by atoms with Crippen molar-refractivity contribution in [2.45, 2.75) is 39.7 Å². The van der Waals surface area contributed by atoms with Crippen molar-refractivity contribution in [2.75, 3.05) is 31.5 Å². The van der Waals surface area contributed by atoms with Crippen LogP contribution in [-0.2, 0) is 11.3 Å². The number of piperazine rings is 1. The zero-order valence-electron chi connectivity index (χ0n) is 18.8. The van der Waals surface area contributed by atoms with Crippen molar-refractivity contribution in [2.24, 2.45) is 11.8 Å². The Labute approximate surface area is 185 Å². The Hall–Kier alpha value is -2.66. The first-order valence-electron chi connectivity index (χ1n) is 11.4. The van der Waals surface area contributed by atoms with Gasteiger partial charge in [0, 0.05) is 49.9 Å². The van der Waals surface area contributed by atoms with Crippen molar-refractivity contribution >= 4 is 17.5 Å². The monoisotopic (exact) mass is 419 g/mol. The molecule has 2 amide bonds. The van der Waals surface area contributed by atoms with Crippen LogP contribution in [0.1, 0.15) is 54.6 Å². The number of nitrogens with zero attached hydrogens (tertiary/aromatic N) is 2. The molecule has 1 saturated carbocycles. The molecular formula is C26H33N3O2. The SMILES string of the molecule is CC(C)c1ccc(CN2CCN(C(=O)c3cccc(NC(=O)C4CC4C)c3)CC2)cc1. The Morgan fingerprint density at radius 1 is 1.03 bits per heavy atom. The van der Waals surface area contributed by atoms with E-state index in [0.29, 0.717) is 23.1 Å². The molecule has 2 unspecified atom stereocenters. The van der Waals surface area contributed by atoms with Gasteiger partial charge < -0.3 is 10.2 Å². The average molecular weight is 420 g/mol. The number of hydrogen-bond donors (Lipinski definition) is 1. The van der Waals surface area contributed by atoms with Gasteiger partial charge in [0.05, 0.1) is 0 Å². The van der Waals surface area contributed by atoms with Crippen molar-refractivity contribution in [1.29, 1.82) is 0 Å². The molecule has 5 heteroatoms. The standard InChI is InChI=1S/C26H33N3O2/c1-18(2)21-9-7-20(8-10-21)17-28-11-13-29(14-12-28)26(31)22-5-4-6-23(16-22)27-25(30)24-15-19(24)3/h4-10,16,18-19,24H,11-15,17H2,1-3H3,(H,27,30). The summed E-state index contributed by atoms with van der Waals surface area (Å²) in [6.45, 7) is 10.6. The van der Waals surface area contributed by atoms with Crippen LogP contribution in [0.2, 0.25) is 0 Å². The van der Waals surface area contributed by atoms with E-state index in [0.717, 1.165) is 39.1 Å². The van der Waals surface area contributed by atoms with Gasteiger partial charge in [0.25, 0.3) is 5.91 Å². The van der Waals surface area contributed by atoms with Crippen LogP contribution in [0, 0.1) is 11.8 Å². The van der Waals surface area contributed by atoms with Crippen molar-refractivity contribution in [1.82, 2.24) is 9.80 Å². The van der Waals surface area contributed by atoms with Gasteiger partial charge in [0.2, 0.25) is 5.91 Å². The predicted octanol–water partition coefficient (Wildman–Crippen LogP) is 4.36. The van der Waals surface area contributed by atoms with E-state index in [4.69, 9.17) is 0 Å². The fourth-order valence-corrected chi connectivity index (χ4v) is 4.21. The summed E-state index contributed by atoms with van der Waals surface area (Å²) in [6, 6.07) is 16.2. The summed E-state index contributed by atoms with van der Waals surface area (Å²) in [7, 11) is 0. The van der Waals surface area contributed by atoms with E-state index in [9.17, 15) is 9.59 Å². The molecule has 1 aliphatic heterocycles. The van der Waals surface area contributed by atoms with Crippen LogP contribution in [0.25, 0.3) is 0 Å². The highest BCUT2D eigenvalue weighted by atomic mass is 16.2. The Kier molecular flexibility index (Phi) is 6.42. The van der Waals surface area contributed by atoms with Gasteiger partial charge in [-0.15, -0.1) is 0 Å². The summed E-state index contributed by atoms with van der Waals surface area (Å²) in [5.74, 6) is 1.24. The quantitative estimate of drug-likeness (QED) is 0.757. The maximum Gasteiger partial charge on any atom is 0.254 e. The van der Waals surface area contributed by atoms with Crippen molar-refractivity contribution < 1.29 is 9.59 Å². The average Bonchev–Trinajstić information content (AvgIpc) is 3.51. The van der Waals surface area contributed by atoms with Gasteiger partial charge in [0.1, 0.15) is 0 Å². The smallest absolute Gasteiger partial charge is 0.254 e. The highest BCUT2D eigenvalue weighted by Gasteiger charge is 2.39. The molecule has 2 fully saturated rings. The van der Waals surface area contributed by atoms with E-state index >= 15 is 0 Å². The molecule has 0 radical (unpaired) electrons. The second kappa shape index (κ2) is 9.23. The second-order valence-corrected chi connectivity index (χ2v) is 9.35. The third-order valence-electron chi connectivity index (χ3n) is 6.54. The van der Waals surface area contributed by atoms with Gasteiger partial charge in [-0.3, -0.25) is 14.5 Å². The number of carbonyl (C=O) groups excluding carboxylic acids is 2. The molecule has 2 aromatic carbocycles. The topological polar surface area (TPSA) is 52.6 Å². The van der Waals surface area contributed by atoms with Gasteiger partial charge in [-0.25, -0.2) is 0 Å². The third-order valence-corrected chi connectivity index (χ3v) is 6.54. The van der Waals surface area contributed by atoms with Gasteiger partial charge in [0.15, 0.2) is 0 Å². The van der Waals surface area contributed by atoms with E-state index in [1.54, 1.807) is 6.07 Å². The van der Waals surface area contributed by atoms with Crippen molar-refractivity contribution in [3.8, 4) is 0 Å². The molecule has 2 aromatic rings. The first-order chi connectivity index (χ1) is 14.9. The van der Waals surface area contributed by atoms with E-state index in [-0.39, 0.29) is 17.7 Å². The molecular weight excluding hydrogens is 386 g/mol. The molecule has 164 valence electrons. The molecule has 0 spiro atoms. The lowest BCUT2D eigenvalue weighted by molar-refractivity contribution is -0.117. The van der Waals surface area contributed by atoms with Crippen LogP contribution in [0.3, 0.4) is 0 Å². The third kappa shape index (κ3) is 5.34. The van der Waals surface area contributed by atoms with E-state index < -0.39 is 0 Å². The molecule has 5 nitrogen and oxygen atoms in total. The Morgan fingerprint density at radius 3 is 2.32 bits per heavy atom. The van der Waals surface area contributed by atoms with Crippen LogP contribution in [-0.4, -0.2) is 47.8 Å². The molecule has 2 aliphatic rings. The molecule has 1 N–H and O–H groups in total. The summed E-state index contributed by atoms with van der Waals surface area (Å²) in [4.78, 5) is 29.5. The van der Waals surface area contributed by atoms with Crippen LogP contribution >= 0.6 is 0 Å². The molecule has 4 rings (SSSR count). The van der Waals surface area contributed by atoms with E-state index in [1.807, 2.05) is 23.1 Å². The Morgan fingerprint density at radius 2 is 1.71 bits per heavy atom. The van der Waals surface area contributed by atoms with Crippen LogP contribution in [0.15, 0.2) is 48.5 Å².